The van der Waals surface area contributed by atoms with Gasteiger partial charge < -0.3 is 27.6 Å². The molecule has 0 saturated heterocycles. The average Bonchev–Trinajstić information content (AvgIpc) is 2.21. The zero-order valence-electron chi connectivity index (χ0n) is 9.15. The van der Waals surface area contributed by atoms with Crippen LogP contribution in [0.4, 0.5) is 0 Å². The number of carboxylic acids is 1. The number of aliphatic imine (C=N–C) groups is 1. The van der Waals surface area contributed by atoms with Gasteiger partial charge in [0.1, 0.15) is 6.04 Å². The molecule has 0 bridgehead atoms. The van der Waals surface area contributed by atoms with Gasteiger partial charge in [0.05, 0.1) is 6.54 Å². The second kappa shape index (κ2) is 9.88. The van der Waals surface area contributed by atoms with Crippen molar-refractivity contribution in [3.8, 4) is 0 Å². The minimum atomic E-state index is -1.11. The summed E-state index contributed by atoms with van der Waals surface area (Å²) in [6, 6.07) is -0.953. The number of nitrogens with one attached hydrogen (secondary N) is 1. The molecule has 0 aliphatic rings. The molecule has 0 aromatic carbocycles. The first-order valence-electron chi connectivity index (χ1n) is 4.75. The van der Waals surface area contributed by atoms with Gasteiger partial charge in [-0.15, -0.1) is 0 Å². The SMILES string of the molecule is NCC(=O)N[C@@H](CCCN=C(N)N)C(=O)O.[Cu]. The summed E-state index contributed by atoms with van der Waals surface area (Å²) in [5.41, 5.74) is 15.2. The number of carbonyl (C=O) groups excluding carboxylic acids is 1. The molecule has 0 aromatic rings. The monoisotopic (exact) mass is 294 g/mol. The second-order valence-electron chi connectivity index (χ2n) is 3.11. The van der Waals surface area contributed by atoms with E-state index >= 15 is 0 Å². The Kier molecular flexibility index (Phi) is 10.5. The van der Waals surface area contributed by atoms with Gasteiger partial charge in [-0.1, -0.05) is 0 Å². The minimum absolute atomic E-state index is 0. The summed E-state index contributed by atoms with van der Waals surface area (Å²) in [6.07, 6.45) is 0.706. The van der Waals surface area contributed by atoms with Crippen LogP contribution in [0.15, 0.2) is 4.99 Å². The predicted octanol–water partition coefficient (Wildman–Crippen LogP) is -2.43. The van der Waals surface area contributed by atoms with Gasteiger partial charge >= 0.3 is 5.97 Å². The van der Waals surface area contributed by atoms with Crippen LogP contribution in [0.3, 0.4) is 0 Å². The van der Waals surface area contributed by atoms with Crippen LogP contribution < -0.4 is 22.5 Å². The molecule has 0 heterocycles. The first kappa shape index (κ1) is 18.1. The molecule has 0 unspecified atom stereocenters. The molecule has 17 heavy (non-hydrogen) atoms. The Morgan fingerprint density at radius 2 is 1.94 bits per heavy atom. The van der Waals surface area contributed by atoms with Crippen LogP contribution in [-0.2, 0) is 26.7 Å². The summed E-state index contributed by atoms with van der Waals surface area (Å²) in [7, 11) is 0. The van der Waals surface area contributed by atoms with E-state index in [4.69, 9.17) is 22.3 Å². The van der Waals surface area contributed by atoms with Gasteiger partial charge in [0.15, 0.2) is 5.96 Å². The Labute approximate surface area is 109 Å². The van der Waals surface area contributed by atoms with Crippen LogP contribution in [0.2, 0.25) is 0 Å². The Morgan fingerprint density at radius 3 is 2.35 bits per heavy atom. The number of carboxylic acid groups (broad SMARTS) is 1. The molecule has 0 aliphatic heterocycles. The molecule has 8 N–H and O–H groups in total. The normalized spacial score (nSPS) is 10.9. The predicted molar refractivity (Wildman–Crippen MR) is 58.5 cm³/mol. The minimum Gasteiger partial charge on any atom is -0.480 e. The number of rotatable bonds is 7. The average molecular weight is 295 g/mol. The third-order valence-electron chi connectivity index (χ3n) is 1.76. The Balaban J connectivity index is 0. The van der Waals surface area contributed by atoms with Crippen LogP contribution in [0.5, 0.6) is 0 Å². The molecule has 1 amide bonds. The van der Waals surface area contributed by atoms with Gasteiger partial charge in [0.2, 0.25) is 5.91 Å². The Bertz CT molecular complexity index is 280. The van der Waals surface area contributed by atoms with Crippen molar-refractivity contribution in [2.75, 3.05) is 13.1 Å². The van der Waals surface area contributed by atoms with Crippen molar-refractivity contribution in [2.24, 2.45) is 22.2 Å². The van der Waals surface area contributed by atoms with E-state index in [0.29, 0.717) is 13.0 Å². The number of nitrogens with two attached hydrogens (primary N) is 3. The molecular formula is C8H17CuN5O3. The molecular weight excluding hydrogens is 278 g/mol. The summed E-state index contributed by atoms with van der Waals surface area (Å²) in [6.45, 7) is 0.0856. The third kappa shape index (κ3) is 9.61. The molecule has 9 heteroatoms. The van der Waals surface area contributed by atoms with Gasteiger partial charge in [0, 0.05) is 23.6 Å². The zero-order chi connectivity index (χ0) is 12.6. The fourth-order valence-electron chi connectivity index (χ4n) is 1.01. The topological polar surface area (TPSA) is 157 Å². The van der Waals surface area contributed by atoms with Crippen molar-refractivity contribution in [1.29, 1.82) is 0 Å². The van der Waals surface area contributed by atoms with E-state index in [9.17, 15) is 9.59 Å². The first-order valence-corrected chi connectivity index (χ1v) is 4.75. The number of guanidine groups is 1. The summed E-state index contributed by atoms with van der Waals surface area (Å²) in [5, 5.41) is 11.1. The number of hydrogen-bond acceptors (Lipinski definition) is 4. The van der Waals surface area contributed by atoms with E-state index in [2.05, 4.69) is 10.3 Å². The van der Waals surface area contributed by atoms with Crippen molar-refractivity contribution in [2.45, 2.75) is 18.9 Å². The number of hydrogen-bond donors (Lipinski definition) is 5. The quantitative estimate of drug-likeness (QED) is 0.152. The van der Waals surface area contributed by atoms with Crippen LogP contribution in [-0.4, -0.2) is 42.1 Å². The van der Waals surface area contributed by atoms with E-state index < -0.39 is 17.9 Å². The molecule has 0 rings (SSSR count). The summed E-state index contributed by atoms with van der Waals surface area (Å²) in [4.78, 5) is 25.3. The summed E-state index contributed by atoms with van der Waals surface area (Å²) >= 11 is 0. The van der Waals surface area contributed by atoms with Crippen LogP contribution in [0, 0.1) is 0 Å². The molecule has 1 radical (unpaired) electrons. The van der Waals surface area contributed by atoms with Crippen molar-refractivity contribution in [3.05, 3.63) is 0 Å². The van der Waals surface area contributed by atoms with Crippen molar-refractivity contribution in [1.82, 2.24) is 5.32 Å². The van der Waals surface area contributed by atoms with Gasteiger partial charge in [-0.05, 0) is 12.8 Å². The maximum absolute atomic E-state index is 10.9. The molecule has 0 spiro atoms. The van der Waals surface area contributed by atoms with E-state index in [0.717, 1.165) is 0 Å². The largest absolute Gasteiger partial charge is 0.480 e. The van der Waals surface area contributed by atoms with Gasteiger partial charge in [-0.25, -0.2) is 4.79 Å². The van der Waals surface area contributed by atoms with Gasteiger partial charge in [-0.2, -0.15) is 0 Å². The van der Waals surface area contributed by atoms with E-state index in [-0.39, 0.29) is 36.0 Å². The molecule has 0 fully saturated rings. The van der Waals surface area contributed by atoms with Crippen LogP contribution in [0.1, 0.15) is 12.8 Å². The Hall–Kier alpha value is -1.31. The molecule has 0 saturated carbocycles. The van der Waals surface area contributed by atoms with Crippen molar-refractivity contribution >= 4 is 17.8 Å². The maximum Gasteiger partial charge on any atom is 0.326 e. The number of aliphatic carboxylic acids is 1. The Morgan fingerprint density at radius 1 is 1.35 bits per heavy atom. The van der Waals surface area contributed by atoms with E-state index in [1.165, 1.54) is 0 Å². The third-order valence-corrected chi connectivity index (χ3v) is 1.76. The molecule has 103 valence electrons. The number of nitrogens with zero attached hydrogens (tertiary/aromatic N) is 1. The fraction of sp³-hybridized carbons (Fsp3) is 0.625. The van der Waals surface area contributed by atoms with Crippen molar-refractivity contribution in [3.63, 3.8) is 0 Å². The van der Waals surface area contributed by atoms with Gasteiger partial charge in [-0.3, -0.25) is 9.79 Å². The van der Waals surface area contributed by atoms with Crippen LogP contribution >= 0.6 is 0 Å². The standard InChI is InChI=1S/C8H17N5O3.Cu/c9-4-6(14)13-5(7(15)16)2-1-3-12-8(10)11;/h5H,1-4,9H2,(H,13,14)(H,15,16)(H4,10,11,12);/t5-;/m0./s1. The van der Waals surface area contributed by atoms with Crippen LogP contribution in [0.25, 0.3) is 0 Å². The summed E-state index contributed by atoms with van der Waals surface area (Å²) in [5.74, 6) is -1.65. The molecule has 8 nitrogen and oxygen atoms in total. The van der Waals surface area contributed by atoms with E-state index in [1.54, 1.807) is 0 Å². The second-order valence-corrected chi connectivity index (χ2v) is 3.11. The summed E-state index contributed by atoms with van der Waals surface area (Å²) < 4.78 is 0. The maximum atomic E-state index is 10.9. The first-order chi connectivity index (χ1) is 7.47. The molecule has 0 aromatic heterocycles. The van der Waals surface area contributed by atoms with Crippen molar-refractivity contribution < 1.29 is 31.8 Å². The molecule has 1 atom stereocenters. The smallest absolute Gasteiger partial charge is 0.326 e. The van der Waals surface area contributed by atoms with Gasteiger partial charge in [0.25, 0.3) is 0 Å². The zero-order valence-corrected chi connectivity index (χ0v) is 10.1. The van der Waals surface area contributed by atoms with E-state index in [1.807, 2.05) is 0 Å². The number of amides is 1. The number of carbonyl (C=O) groups is 2. The molecule has 0 aliphatic carbocycles. The fourth-order valence-corrected chi connectivity index (χ4v) is 1.01.